The van der Waals surface area contributed by atoms with Gasteiger partial charge in [-0.1, -0.05) is 37.5 Å². The van der Waals surface area contributed by atoms with E-state index >= 15 is 0 Å². The van der Waals surface area contributed by atoms with Gasteiger partial charge in [-0.3, -0.25) is 4.79 Å². The Kier molecular flexibility index (Phi) is 5.66. The quantitative estimate of drug-likeness (QED) is 0.633. The van der Waals surface area contributed by atoms with Crippen LogP contribution in [0.25, 0.3) is 11.5 Å². The Balaban J connectivity index is 1.44. The van der Waals surface area contributed by atoms with Crippen molar-refractivity contribution in [2.24, 2.45) is 0 Å². The Morgan fingerprint density at radius 2 is 1.79 bits per heavy atom. The maximum atomic E-state index is 13.0. The molecule has 0 saturated heterocycles. The molecule has 0 bridgehead atoms. The fourth-order valence-corrected chi connectivity index (χ4v) is 3.69. The summed E-state index contributed by atoms with van der Waals surface area (Å²) in [5.74, 6) is 1.07. The lowest BCUT2D eigenvalue weighted by atomic mass is 9.93. The van der Waals surface area contributed by atoms with Crippen molar-refractivity contribution in [3.63, 3.8) is 0 Å². The Morgan fingerprint density at radius 3 is 2.46 bits per heavy atom. The highest BCUT2D eigenvalue weighted by Crippen LogP contribution is 2.28. The van der Waals surface area contributed by atoms with Crippen molar-refractivity contribution in [1.82, 2.24) is 10.2 Å². The summed E-state index contributed by atoms with van der Waals surface area (Å²) in [6.07, 6.45) is 6.95. The van der Waals surface area contributed by atoms with E-state index in [2.05, 4.69) is 10.2 Å². The van der Waals surface area contributed by atoms with Crippen molar-refractivity contribution in [2.45, 2.75) is 38.1 Å². The minimum absolute atomic E-state index is 0.00526. The fraction of sp³-hybridized carbons (Fsp3) is 0.318. The molecule has 3 aromatic rings. The third-order valence-corrected chi connectivity index (χ3v) is 5.07. The van der Waals surface area contributed by atoms with Crippen LogP contribution in [-0.2, 0) is 4.79 Å². The van der Waals surface area contributed by atoms with Crippen LogP contribution in [0.4, 0.5) is 5.69 Å². The number of hydrogen-bond donors (Lipinski definition) is 0. The smallest absolute Gasteiger partial charge is 0.265 e. The van der Waals surface area contributed by atoms with Crippen LogP contribution in [0, 0.1) is 0 Å². The van der Waals surface area contributed by atoms with Gasteiger partial charge in [0.1, 0.15) is 5.75 Å². The lowest BCUT2D eigenvalue weighted by molar-refractivity contribution is -0.121. The molecule has 0 aliphatic heterocycles. The lowest BCUT2D eigenvalue weighted by Crippen LogP contribution is -2.44. The van der Waals surface area contributed by atoms with Crippen LogP contribution in [0.15, 0.2) is 65.4 Å². The third-order valence-electron chi connectivity index (χ3n) is 5.07. The number of nitrogens with zero attached hydrogens (tertiary/aromatic N) is 3. The van der Waals surface area contributed by atoms with Gasteiger partial charge in [0.25, 0.3) is 5.91 Å². The summed E-state index contributed by atoms with van der Waals surface area (Å²) in [5.41, 5.74) is 1.75. The van der Waals surface area contributed by atoms with Crippen molar-refractivity contribution in [3.05, 3.63) is 61.0 Å². The number of aromatic nitrogens is 2. The number of carbonyl (C=O) groups excluding carboxylic acids is 1. The summed E-state index contributed by atoms with van der Waals surface area (Å²) in [6.45, 7) is 0.00526. The number of anilines is 1. The molecule has 6 heteroatoms. The molecule has 1 saturated carbocycles. The van der Waals surface area contributed by atoms with Gasteiger partial charge in [-0.15, -0.1) is 10.2 Å². The van der Waals surface area contributed by atoms with Crippen LogP contribution in [0.1, 0.15) is 32.1 Å². The zero-order chi connectivity index (χ0) is 19.2. The number of amides is 1. The van der Waals surface area contributed by atoms with Crippen LogP contribution < -0.4 is 9.64 Å². The van der Waals surface area contributed by atoms with E-state index in [1.54, 1.807) is 12.1 Å². The predicted molar refractivity (Wildman–Crippen MR) is 106 cm³/mol. The van der Waals surface area contributed by atoms with Crippen LogP contribution in [-0.4, -0.2) is 28.8 Å². The molecule has 1 aliphatic rings. The first-order valence-corrected chi connectivity index (χ1v) is 9.68. The minimum atomic E-state index is -0.0147. The van der Waals surface area contributed by atoms with E-state index in [0.29, 0.717) is 11.6 Å². The normalized spacial score (nSPS) is 14.6. The van der Waals surface area contributed by atoms with Gasteiger partial charge in [0.2, 0.25) is 12.3 Å². The highest BCUT2D eigenvalue weighted by molar-refractivity contribution is 5.95. The van der Waals surface area contributed by atoms with Crippen LogP contribution in [0.3, 0.4) is 0 Å². The number of benzene rings is 2. The van der Waals surface area contributed by atoms with Gasteiger partial charge in [0, 0.05) is 17.3 Å². The second-order valence-corrected chi connectivity index (χ2v) is 6.95. The lowest BCUT2D eigenvalue weighted by Gasteiger charge is -2.34. The molecule has 0 N–H and O–H groups in total. The van der Waals surface area contributed by atoms with E-state index < -0.39 is 0 Å². The van der Waals surface area contributed by atoms with Crippen molar-refractivity contribution < 1.29 is 13.9 Å². The zero-order valence-corrected chi connectivity index (χ0v) is 15.7. The maximum absolute atomic E-state index is 13.0. The van der Waals surface area contributed by atoms with Gasteiger partial charge < -0.3 is 14.1 Å². The Morgan fingerprint density at radius 1 is 1.04 bits per heavy atom. The monoisotopic (exact) mass is 377 g/mol. The minimum Gasteiger partial charge on any atom is -0.484 e. The molecule has 1 fully saturated rings. The molecule has 1 heterocycles. The Labute approximate surface area is 164 Å². The van der Waals surface area contributed by atoms with E-state index in [9.17, 15) is 4.79 Å². The molecule has 144 valence electrons. The Bertz CT molecular complexity index is 873. The van der Waals surface area contributed by atoms with Gasteiger partial charge in [-0.2, -0.15) is 0 Å². The maximum Gasteiger partial charge on any atom is 0.265 e. The molecule has 1 aromatic heterocycles. The van der Waals surface area contributed by atoms with Gasteiger partial charge >= 0.3 is 0 Å². The molecule has 28 heavy (non-hydrogen) atoms. The van der Waals surface area contributed by atoms with E-state index in [0.717, 1.165) is 24.1 Å². The number of carbonyl (C=O) groups is 1. The van der Waals surface area contributed by atoms with E-state index in [1.165, 1.54) is 25.7 Å². The van der Waals surface area contributed by atoms with E-state index in [-0.39, 0.29) is 18.6 Å². The summed E-state index contributed by atoms with van der Waals surface area (Å²) in [7, 11) is 0. The van der Waals surface area contributed by atoms with Gasteiger partial charge in [0.15, 0.2) is 6.61 Å². The van der Waals surface area contributed by atoms with E-state index in [4.69, 9.17) is 9.15 Å². The molecule has 1 aliphatic carbocycles. The van der Waals surface area contributed by atoms with Crippen molar-refractivity contribution in [3.8, 4) is 17.2 Å². The Hall–Kier alpha value is -3.15. The molecule has 4 rings (SSSR count). The molecule has 6 nitrogen and oxygen atoms in total. The predicted octanol–water partition coefficient (Wildman–Crippen LogP) is 4.48. The second kappa shape index (κ2) is 8.69. The van der Waals surface area contributed by atoms with Crippen molar-refractivity contribution >= 4 is 11.6 Å². The molecule has 0 unspecified atom stereocenters. The number of ether oxygens (including phenoxy) is 1. The largest absolute Gasteiger partial charge is 0.484 e. The number of hydrogen-bond acceptors (Lipinski definition) is 5. The second-order valence-electron chi connectivity index (χ2n) is 6.95. The number of para-hydroxylation sites is 1. The SMILES string of the molecule is O=C(COc1ccc(-c2nnco2)cc1)N(c1ccccc1)C1CCCCC1. The van der Waals surface area contributed by atoms with Gasteiger partial charge in [-0.25, -0.2) is 0 Å². The van der Waals surface area contributed by atoms with Crippen LogP contribution >= 0.6 is 0 Å². The molecule has 0 spiro atoms. The molecular formula is C22H23N3O3. The van der Waals surface area contributed by atoms with E-state index in [1.807, 2.05) is 47.4 Å². The van der Waals surface area contributed by atoms with Gasteiger partial charge in [0.05, 0.1) is 0 Å². The highest BCUT2D eigenvalue weighted by atomic mass is 16.5. The summed E-state index contributed by atoms with van der Waals surface area (Å²) in [4.78, 5) is 15.0. The first-order valence-electron chi connectivity index (χ1n) is 9.68. The third kappa shape index (κ3) is 4.22. The van der Waals surface area contributed by atoms with Crippen LogP contribution in [0.5, 0.6) is 5.75 Å². The zero-order valence-electron chi connectivity index (χ0n) is 15.7. The molecule has 0 atom stereocenters. The molecule has 0 radical (unpaired) electrons. The fourth-order valence-electron chi connectivity index (χ4n) is 3.69. The first kappa shape index (κ1) is 18.2. The standard InChI is InChI=1S/C22H23N3O3/c26-21(15-27-20-13-11-17(12-14-20)22-24-23-16-28-22)25(18-7-3-1-4-8-18)19-9-5-2-6-10-19/h1,3-4,7-8,11-14,16,19H,2,5-6,9-10,15H2. The summed E-state index contributed by atoms with van der Waals surface area (Å²) < 4.78 is 11.0. The summed E-state index contributed by atoms with van der Waals surface area (Å²) >= 11 is 0. The molecule has 1 amide bonds. The van der Waals surface area contributed by atoms with Gasteiger partial charge in [-0.05, 0) is 49.2 Å². The first-order chi connectivity index (χ1) is 13.8. The van der Waals surface area contributed by atoms with Crippen molar-refractivity contribution in [1.29, 1.82) is 0 Å². The highest BCUT2D eigenvalue weighted by Gasteiger charge is 2.27. The summed E-state index contributed by atoms with van der Waals surface area (Å²) in [6, 6.07) is 17.4. The van der Waals surface area contributed by atoms with Crippen LogP contribution in [0.2, 0.25) is 0 Å². The molecular weight excluding hydrogens is 354 g/mol. The average molecular weight is 377 g/mol. The van der Waals surface area contributed by atoms with Crippen molar-refractivity contribution in [2.75, 3.05) is 11.5 Å². The molecule has 2 aromatic carbocycles. The average Bonchev–Trinajstić information content (AvgIpc) is 3.29. The topological polar surface area (TPSA) is 68.5 Å². The summed E-state index contributed by atoms with van der Waals surface area (Å²) in [5, 5.41) is 7.56. The number of rotatable bonds is 6.